The third-order valence-corrected chi connectivity index (χ3v) is 6.25. The van der Waals surface area contributed by atoms with Crippen molar-refractivity contribution in [2.75, 3.05) is 26.8 Å². The molecule has 0 saturated heterocycles. The first-order valence-electron chi connectivity index (χ1n) is 5.51. The highest BCUT2D eigenvalue weighted by Crippen LogP contribution is 2.35. The Morgan fingerprint density at radius 1 is 1.50 bits per heavy atom. The van der Waals surface area contributed by atoms with Crippen LogP contribution in [0.1, 0.15) is 6.42 Å². The van der Waals surface area contributed by atoms with Gasteiger partial charge in [0.05, 0.1) is 15.9 Å². The van der Waals surface area contributed by atoms with Crippen LogP contribution < -0.4 is 5.73 Å². The summed E-state index contributed by atoms with van der Waals surface area (Å²) in [7, 11) is -2.25. The van der Waals surface area contributed by atoms with E-state index >= 15 is 0 Å². The van der Waals surface area contributed by atoms with Crippen LogP contribution in [-0.4, -0.2) is 44.5 Å². The van der Waals surface area contributed by atoms with Crippen LogP contribution in [0.4, 0.5) is 0 Å². The maximum Gasteiger partial charge on any atom is 0.245 e. The molecule has 1 aromatic heterocycles. The fraction of sp³-hybridized carbons (Fsp3) is 0.500. The van der Waals surface area contributed by atoms with E-state index in [1.807, 2.05) is 0 Å². The molecular formula is C10H14Cl2N2O3S3. The average Bonchev–Trinajstić information content (AvgIpc) is 2.68. The Balaban J connectivity index is 3.03. The van der Waals surface area contributed by atoms with Crippen LogP contribution in [0.25, 0.3) is 0 Å². The fourth-order valence-electron chi connectivity index (χ4n) is 1.42. The number of thiophene rings is 1. The predicted molar refractivity (Wildman–Crippen MR) is 86.4 cm³/mol. The Morgan fingerprint density at radius 3 is 2.60 bits per heavy atom. The van der Waals surface area contributed by atoms with Gasteiger partial charge in [0.25, 0.3) is 0 Å². The molecule has 0 fully saturated rings. The van der Waals surface area contributed by atoms with Crippen molar-refractivity contribution in [1.29, 1.82) is 0 Å². The van der Waals surface area contributed by atoms with Crippen molar-refractivity contribution >= 4 is 61.8 Å². The summed E-state index contributed by atoms with van der Waals surface area (Å²) in [6.45, 7) is 0.613. The molecule has 20 heavy (non-hydrogen) atoms. The Bertz CT molecular complexity index is 574. The molecule has 0 aliphatic carbocycles. The summed E-state index contributed by atoms with van der Waals surface area (Å²) >= 11 is 17.5. The van der Waals surface area contributed by atoms with Gasteiger partial charge >= 0.3 is 0 Å². The highest BCUT2D eigenvalue weighted by atomic mass is 35.5. The number of thiocarbonyl (C=S) groups is 1. The second-order valence-electron chi connectivity index (χ2n) is 3.80. The van der Waals surface area contributed by atoms with E-state index in [-0.39, 0.29) is 40.3 Å². The number of hydrogen-bond donors (Lipinski definition) is 1. The molecule has 2 N–H and O–H groups in total. The molecule has 0 atom stereocenters. The molecule has 0 bridgehead atoms. The summed E-state index contributed by atoms with van der Waals surface area (Å²) in [6.07, 6.45) is 0.285. The Labute approximate surface area is 137 Å². The van der Waals surface area contributed by atoms with Gasteiger partial charge in [-0.25, -0.2) is 8.42 Å². The molecule has 114 valence electrons. The standard InChI is InChI=1S/C10H14Cl2N2O3S3/c1-17-5-4-14(3-2-9(13)18)20(15,16)7-6-8(11)19-10(7)12/h6H,2-5H2,1H3,(H2,13,18). The van der Waals surface area contributed by atoms with Crippen molar-refractivity contribution in [2.45, 2.75) is 11.3 Å². The number of methoxy groups -OCH3 is 1. The highest BCUT2D eigenvalue weighted by molar-refractivity contribution is 7.89. The zero-order chi connectivity index (χ0) is 15.3. The number of rotatable bonds is 8. The number of hydrogen-bond acceptors (Lipinski definition) is 5. The molecule has 10 heteroatoms. The van der Waals surface area contributed by atoms with Crippen molar-refractivity contribution in [3.63, 3.8) is 0 Å². The van der Waals surface area contributed by atoms with E-state index in [9.17, 15) is 8.42 Å². The van der Waals surface area contributed by atoms with E-state index in [0.29, 0.717) is 4.34 Å². The summed E-state index contributed by atoms with van der Waals surface area (Å²) in [5.74, 6) is 0. The number of sulfonamides is 1. The van der Waals surface area contributed by atoms with E-state index in [1.165, 1.54) is 17.5 Å². The second-order valence-corrected chi connectivity index (χ2v) is 8.52. The van der Waals surface area contributed by atoms with Crippen LogP contribution in [-0.2, 0) is 14.8 Å². The average molecular weight is 377 g/mol. The lowest BCUT2D eigenvalue weighted by Gasteiger charge is -2.21. The summed E-state index contributed by atoms with van der Waals surface area (Å²) in [4.78, 5) is 0.241. The van der Waals surface area contributed by atoms with Crippen molar-refractivity contribution < 1.29 is 13.2 Å². The zero-order valence-corrected chi connectivity index (χ0v) is 14.6. The van der Waals surface area contributed by atoms with Gasteiger partial charge in [0.1, 0.15) is 9.23 Å². The highest BCUT2D eigenvalue weighted by Gasteiger charge is 2.28. The van der Waals surface area contributed by atoms with Gasteiger partial charge in [0.2, 0.25) is 10.0 Å². The molecule has 0 aliphatic heterocycles. The number of nitrogens with two attached hydrogens (primary N) is 1. The number of halogens is 2. The van der Waals surface area contributed by atoms with Crippen LogP contribution in [0.15, 0.2) is 11.0 Å². The van der Waals surface area contributed by atoms with Gasteiger partial charge < -0.3 is 10.5 Å². The summed E-state index contributed by atoms with van der Waals surface area (Å²) in [5, 5.41) is 0. The summed E-state index contributed by atoms with van der Waals surface area (Å²) in [5.41, 5.74) is 5.42. The summed E-state index contributed by atoms with van der Waals surface area (Å²) < 4.78 is 31.7. The van der Waals surface area contributed by atoms with Gasteiger partial charge in [-0.1, -0.05) is 35.4 Å². The van der Waals surface area contributed by atoms with Gasteiger partial charge in [-0.3, -0.25) is 0 Å². The second kappa shape index (κ2) is 7.88. The maximum absolute atomic E-state index is 12.5. The van der Waals surface area contributed by atoms with Gasteiger partial charge in [-0.2, -0.15) is 4.31 Å². The Kier molecular flexibility index (Phi) is 7.13. The SMILES string of the molecule is COCCN(CCC(N)=S)S(=O)(=O)c1cc(Cl)sc1Cl. The minimum Gasteiger partial charge on any atom is -0.393 e. The molecule has 0 aromatic carbocycles. The van der Waals surface area contributed by atoms with Crippen LogP contribution in [0.3, 0.4) is 0 Å². The molecule has 0 unspecified atom stereocenters. The molecule has 0 saturated carbocycles. The monoisotopic (exact) mass is 376 g/mol. The third kappa shape index (κ3) is 4.80. The van der Waals surface area contributed by atoms with Crippen molar-refractivity contribution in [1.82, 2.24) is 4.31 Å². The van der Waals surface area contributed by atoms with E-state index in [4.69, 9.17) is 45.9 Å². The van der Waals surface area contributed by atoms with E-state index in [1.54, 1.807) is 0 Å². The molecule has 0 aliphatic rings. The topological polar surface area (TPSA) is 72.6 Å². The number of nitrogens with zero attached hydrogens (tertiary/aromatic N) is 1. The van der Waals surface area contributed by atoms with Gasteiger partial charge in [-0.05, 0) is 6.07 Å². The zero-order valence-electron chi connectivity index (χ0n) is 10.6. The third-order valence-electron chi connectivity index (χ3n) is 2.40. The minimum absolute atomic E-state index is 0.00629. The van der Waals surface area contributed by atoms with E-state index < -0.39 is 10.0 Å². The molecule has 1 aromatic rings. The van der Waals surface area contributed by atoms with Crippen molar-refractivity contribution in [2.24, 2.45) is 5.73 Å². The lowest BCUT2D eigenvalue weighted by molar-refractivity contribution is 0.179. The first-order valence-corrected chi connectivity index (χ1v) is 8.93. The molecule has 0 amide bonds. The van der Waals surface area contributed by atoms with Crippen LogP contribution in [0.5, 0.6) is 0 Å². The normalized spacial score (nSPS) is 12.0. The number of ether oxygens (including phenoxy) is 1. The van der Waals surface area contributed by atoms with Gasteiger partial charge in [-0.15, -0.1) is 11.3 Å². The van der Waals surface area contributed by atoms with E-state index in [2.05, 4.69) is 0 Å². The fourth-order valence-corrected chi connectivity index (χ4v) is 5.05. The summed E-state index contributed by atoms with van der Waals surface area (Å²) in [6, 6.07) is 1.34. The van der Waals surface area contributed by atoms with E-state index in [0.717, 1.165) is 11.3 Å². The molecule has 0 spiro atoms. The molecule has 0 radical (unpaired) electrons. The van der Waals surface area contributed by atoms with Gasteiger partial charge in [0.15, 0.2) is 0 Å². The van der Waals surface area contributed by atoms with Crippen LogP contribution >= 0.6 is 46.8 Å². The molecule has 1 rings (SSSR count). The molecule has 1 heterocycles. The lowest BCUT2D eigenvalue weighted by atomic mass is 10.4. The van der Waals surface area contributed by atoms with Crippen molar-refractivity contribution in [3.05, 3.63) is 14.7 Å². The molecular weight excluding hydrogens is 363 g/mol. The minimum atomic E-state index is -3.75. The smallest absolute Gasteiger partial charge is 0.245 e. The maximum atomic E-state index is 12.5. The molecule has 5 nitrogen and oxygen atoms in total. The Hall–Kier alpha value is 0.0400. The lowest BCUT2D eigenvalue weighted by Crippen LogP contribution is -2.36. The van der Waals surface area contributed by atoms with Crippen LogP contribution in [0.2, 0.25) is 8.67 Å². The first kappa shape index (κ1) is 18.1. The largest absolute Gasteiger partial charge is 0.393 e. The predicted octanol–water partition coefficient (Wildman–Crippen LogP) is 2.37. The van der Waals surface area contributed by atoms with Gasteiger partial charge in [0, 0.05) is 26.6 Å². The Morgan fingerprint density at radius 2 is 2.15 bits per heavy atom. The van der Waals surface area contributed by atoms with Crippen LogP contribution in [0, 0.1) is 0 Å². The quantitative estimate of drug-likeness (QED) is 0.705. The van der Waals surface area contributed by atoms with Crippen molar-refractivity contribution in [3.8, 4) is 0 Å². The first-order chi connectivity index (χ1) is 9.28.